The van der Waals surface area contributed by atoms with Gasteiger partial charge in [-0.3, -0.25) is 4.79 Å². The van der Waals surface area contributed by atoms with Gasteiger partial charge in [0.25, 0.3) is 0 Å². The van der Waals surface area contributed by atoms with Crippen LogP contribution in [-0.2, 0) is 17.9 Å². The quantitative estimate of drug-likeness (QED) is 0.888. The van der Waals surface area contributed by atoms with Crippen molar-refractivity contribution in [1.29, 1.82) is 0 Å². The highest BCUT2D eigenvalue weighted by Crippen LogP contribution is 2.16. The van der Waals surface area contributed by atoms with Gasteiger partial charge in [-0.25, -0.2) is 4.98 Å². The first kappa shape index (κ1) is 16.7. The van der Waals surface area contributed by atoms with Crippen molar-refractivity contribution < 1.29 is 4.79 Å². The third-order valence-electron chi connectivity index (χ3n) is 4.57. The molecule has 1 aliphatic rings. The fourth-order valence-corrected chi connectivity index (χ4v) is 3.22. The molecule has 5 nitrogen and oxygen atoms in total. The van der Waals surface area contributed by atoms with Crippen molar-refractivity contribution in [2.24, 2.45) is 0 Å². The fourth-order valence-electron chi connectivity index (χ4n) is 3.22. The van der Waals surface area contributed by atoms with Gasteiger partial charge in [-0.1, -0.05) is 30.3 Å². The molecule has 0 aliphatic carbocycles. The maximum Gasteiger partial charge on any atom is 0.222 e. The van der Waals surface area contributed by atoms with Crippen LogP contribution in [-0.4, -0.2) is 32.9 Å². The van der Waals surface area contributed by atoms with Crippen LogP contribution in [0.1, 0.15) is 44.1 Å². The number of rotatable bonds is 6. The number of nitrogens with zero attached hydrogens (tertiary/aromatic N) is 3. The van der Waals surface area contributed by atoms with Gasteiger partial charge >= 0.3 is 0 Å². The molecular formula is C19H26N4O. The number of carbonyl (C=O) groups is 1. The van der Waals surface area contributed by atoms with Crippen LogP contribution in [0.4, 0.5) is 0 Å². The molecule has 1 saturated heterocycles. The number of nitrogens with one attached hydrogen (secondary N) is 1. The van der Waals surface area contributed by atoms with Crippen molar-refractivity contribution in [3.63, 3.8) is 0 Å². The molecule has 0 spiro atoms. The van der Waals surface area contributed by atoms with Crippen LogP contribution in [0.15, 0.2) is 42.7 Å². The summed E-state index contributed by atoms with van der Waals surface area (Å²) in [6.07, 6.45) is 5.38. The normalized spacial score (nSPS) is 18.4. The van der Waals surface area contributed by atoms with Crippen LogP contribution in [0.3, 0.4) is 0 Å². The second kappa shape index (κ2) is 7.62. The number of hydrogen-bond acceptors (Lipinski definition) is 3. The lowest BCUT2D eigenvalue weighted by atomic mass is 10.0. The molecule has 128 valence electrons. The van der Waals surface area contributed by atoms with Crippen molar-refractivity contribution in [3.8, 4) is 0 Å². The highest BCUT2D eigenvalue weighted by molar-refractivity contribution is 5.77. The average molecular weight is 326 g/mol. The lowest BCUT2D eigenvalue weighted by Crippen LogP contribution is -2.47. The van der Waals surface area contributed by atoms with Gasteiger partial charge in [-0.2, -0.15) is 0 Å². The number of amides is 1. The SMILES string of the molecule is CC(C)n1ccnc1CNC1CCC(=O)N(Cc2ccccc2)C1. The summed E-state index contributed by atoms with van der Waals surface area (Å²) in [7, 11) is 0. The summed E-state index contributed by atoms with van der Waals surface area (Å²) < 4.78 is 2.18. The molecule has 1 aromatic heterocycles. The smallest absolute Gasteiger partial charge is 0.222 e. The molecule has 1 aromatic carbocycles. The molecule has 1 aliphatic heterocycles. The Morgan fingerprint density at radius 2 is 2.08 bits per heavy atom. The summed E-state index contributed by atoms with van der Waals surface area (Å²) in [6, 6.07) is 10.9. The minimum absolute atomic E-state index is 0.251. The molecule has 1 fully saturated rings. The molecule has 1 unspecified atom stereocenters. The zero-order valence-electron chi connectivity index (χ0n) is 14.5. The zero-order chi connectivity index (χ0) is 16.9. The lowest BCUT2D eigenvalue weighted by molar-refractivity contribution is -0.134. The van der Waals surface area contributed by atoms with Gasteiger partial charge in [0, 0.05) is 44.0 Å². The molecule has 2 aromatic rings. The van der Waals surface area contributed by atoms with Gasteiger partial charge in [-0.15, -0.1) is 0 Å². The third-order valence-corrected chi connectivity index (χ3v) is 4.57. The molecule has 0 saturated carbocycles. The Balaban J connectivity index is 1.57. The van der Waals surface area contributed by atoms with E-state index in [9.17, 15) is 4.79 Å². The maximum atomic E-state index is 12.2. The summed E-state index contributed by atoms with van der Waals surface area (Å²) in [6.45, 7) is 6.51. The second-order valence-electron chi connectivity index (χ2n) is 6.72. The second-order valence-corrected chi connectivity index (χ2v) is 6.72. The van der Waals surface area contributed by atoms with Crippen LogP contribution in [0.2, 0.25) is 0 Å². The van der Waals surface area contributed by atoms with Crippen LogP contribution < -0.4 is 5.32 Å². The molecular weight excluding hydrogens is 300 g/mol. The van der Waals surface area contributed by atoms with Gasteiger partial charge in [0.05, 0.1) is 6.54 Å². The van der Waals surface area contributed by atoms with Crippen LogP contribution in [0.25, 0.3) is 0 Å². The average Bonchev–Trinajstić information content (AvgIpc) is 3.05. The molecule has 0 bridgehead atoms. The van der Waals surface area contributed by atoms with Crippen LogP contribution >= 0.6 is 0 Å². The van der Waals surface area contributed by atoms with E-state index in [1.807, 2.05) is 35.5 Å². The summed E-state index contributed by atoms with van der Waals surface area (Å²) in [5, 5.41) is 3.58. The van der Waals surface area contributed by atoms with Crippen molar-refractivity contribution in [2.75, 3.05) is 6.54 Å². The molecule has 1 atom stereocenters. The minimum atomic E-state index is 0.251. The van der Waals surface area contributed by atoms with E-state index in [-0.39, 0.29) is 5.91 Å². The lowest BCUT2D eigenvalue weighted by Gasteiger charge is -2.33. The Hall–Kier alpha value is -2.14. The fraction of sp³-hybridized carbons (Fsp3) is 0.474. The number of hydrogen-bond donors (Lipinski definition) is 1. The summed E-state index contributed by atoms with van der Waals surface area (Å²) >= 11 is 0. The van der Waals surface area contributed by atoms with E-state index >= 15 is 0 Å². The zero-order valence-corrected chi connectivity index (χ0v) is 14.5. The first-order valence-electron chi connectivity index (χ1n) is 8.70. The molecule has 0 radical (unpaired) electrons. The highest BCUT2D eigenvalue weighted by atomic mass is 16.2. The van der Waals surface area contributed by atoms with Crippen molar-refractivity contribution in [1.82, 2.24) is 19.8 Å². The Bertz CT molecular complexity index is 665. The largest absolute Gasteiger partial charge is 0.337 e. The predicted molar refractivity (Wildman–Crippen MR) is 94.3 cm³/mol. The summed E-state index contributed by atoms with van der Waals surface area (Å²) in [5.74, 6) is 1.30. The van der Waals surface area contributed by atoms with Crippen LogP contribution in [0.5, 0.6) is 0 Å². The van der Waals surface area contributed by atoms with Gasteiger partial charge in [0.15, 0.2) is 0 Å². The number of imidazole rings is 1. The molecule has 2 heterocycles. The molecule has 1 amide bonds. The standard InChI is InChI=1S/C19H26N4O/c1-15(2)23-11-10-20-18(23)12-21-17-8-9-19(24)22(14-17)13-16-6-4-3-5-7-16/h3-7,10-11,15,17,21H,8-9,12-14H2,1-2H3. The summed E-state index contributed by atoms with van der Waals surface area (Å²) in [5.41, 5.74) is 1.18. The maximum absolute atomic E-state index is 12.2. The van der Waals surface area contributed by atoms with Gasteiger partial charge in [0.1, 0.15) is 5.82 Å². The number of aromatic nitrogens is 2. The van der Waals surface area contributed by atoms with E-state index in [4.69, 9.17) is 0 Å². The van der Waals surface area contributed by atoms with E-state index in [1.54, 1.807) is 0 Å². The van der Waals surface area contributed by atoms with Crippen molar-refractivity contribution >= 4 is 5.91 Å². The highest BCUT2D eigenvalue weighted by Gasteiger charge is 2.25. The molecule has 3 rings (SSSR count). The minimum Gasteiger partial charge on any atom is -0.337 e. The number of likely N-dealkylation sites (tertiary alicyclic amines) is 1. The first-order valence-corrected chi connectivity index (χ1v) is 8.70. The Labute approximate surface area is 143 Å². The van der Waals surface area contributed by atoms with Gasteiger partial charge < -0.3 is 14.8 Å². The van der Waals surface area contributed by atoms with Crippen molar-refractivity contribution in [3.05, 3.63) is 54.1 Å². The topological polar surface area (TPSA) is 50.2 Å². The third kappa shape index (κ3) is 4.03. The monoisotopic (exact) mass is 326 g/mol. The molecule has 24 heavy (non-hydrogen) atoms. The molecule has 5 heteroatoms. The van der Waals surface area contributed by atoms with Gasteiger partial charge in [-0.05, 0) is 25.8 Å². The van der Waals surface area contributed by atoms with E-state index < -0.39 is 0 Å². The number of benzene rings is 1. The Morgan fingerprint density at radius 1 is 1.29 bits per heavy atom. The number of carbonyl (C=O) groups excluding carboxylic acids is 1. The summed E-state index contributed by atoms with van der Waals surface area (Å²) in [4.78, 5) is 18.6. The van der Waals surface area contributed by atoms with Gasteiger partial charge in [0.2, 0.25) is 5.91 Å². The van der Waals surface area contributed by atoms with E-state index in [0.29, 0.717) is 25.0 Å². The van der Waals surface area contributed by atoms with Crippen molar-refractivity contribution in [2.45, 2.75) is 51.9 Å². The Morgan fingerprint density at radius 3 is 2.83 bits per heavy atom. The van der Waals surface area contributed by atoms with Crippen LogP contribution in [0, 0.1) is 0 Å². The van der Waals surface area contributed by atoms with E-state index in [2.05, 4.69) is 40.8 Å². The Kier molecular flexibility index (Phi) is 5.30. The van der Waals surface area contributed by atoms with E-state index in [0.717, 1.165) is 25.3 Å². The molecule has 1 N–H and O–H groups in total. The predicted octanol–water partition coefficient (Wildman–Crippen LogP) is 2.74. The first-order chi connectivity index (χ1) is 11.6. The number of piperidine rings is 1. The van der Waals surface area contributed by atoms with E-state index in [1.165, 1.54) is 5.56 Å².